The SMILES string of the molecule is CC(C)(C)C(=O)[C@H]1C[C@H]1CO. The fraction of sp³-hybridized carbons (Fsp3) is 0.889. The number of Topliss-reactive ketones (excluding diaryl/α,β-unsaturated/α-hetero) is 1. The number of aliphatic hydroxyl groups is 1. The van der Waals surface area contributed by atoms with E-state index in [1.165, 1.54) is 0 Å². The summed E-state index contributed by atoms with van der Waals surface area (Å²) in [5, 5.41) is 8.74. The average Bonchev–Trinajstić information content (AvgIpc) is 2.62. The molecule has 0 radical (unpaired) electrons. The summed E-state index contributed by atoms with van der Waals surface area (Å²) in [4.78, 5) is 11.5. The Morgan fingerprint density at radius 1 is 1.55 bits per heavy atom. The second-order valence-electron chi connectivity index (χ2n) is 4.40. The van der Waals surface area contributed by atoms with Gasteiger partial charge in [0, 0.05) is 17.9 Å². The molecule has 11 heavy (non-hydrogen) atoms. The molecular weight excluding hydrogens is 140 g/mol. The van der Waals surface area contributed by atoms with E-state index in [0.717, 1.165) is 6.42 Å². The van der Waals surface area contributed by atoms with E-state index in [1.54, 1.807) is 0 Å². The second kappa shape index (κ2) is 2.59. The Morgan fingerprint density at radius 3 is 2.36 bits per heavy atom. The van der Waals surface area contributed by atoms with Gasteiger partial charge < -0.3 is 5.11 Å². The molecule has 64 valence electrons. The Labute approximate surface area is 67.6 Å². The van der Waals surface area contributed by atoms with Crippen molar-refractivity contribution >= 4 is 5.78 Å². The van der Waals surface area contributed by atoms with Gasteiger partial charge in [-0.3, -0.25) is 4.79 Å². The first-order chi connectivity index (χ1) is 4.96. The van der Waals surface area contributed by atoms with Crippen LogP contribution in [0.3, 0.4) is 0 Å². The van der Waals surface area contributed by atoms with Crippen molar-refractivity contribution in [2.75, 3.05) is 6.61 Å². The standard InChI is InChI=1S/C9H16O2/c1-9(2,3)8(11)7-4-6(7)5-10/h6-7,10H,4-5H2,1-3H3/t6-,7-/m0/s1. The second-order valence-corrected chi connectivity index (χ2v) is 4.40. The highest BCUT2D eigenvalue weighted by Gasteiger charge is 2.45. The number of rotatable bonds is 2. The number of aliphatic hydroxyl groups excluding tert-OH is 1. The lowest BCUT2D eigenvalue weighted by molar-refractivity contribution is -0.128. The van der Waals surface area contributed by atoms with Crippen LogP contribution in [0.15, 0.2) is 0 Å². The van der Waals surface area contributed by atoms with Gasteiger partial charge in [0.1, 0.15) is 5.78 Å². The van der Waals surface area contributed by atoms with Gasteiger partial charge in [0.15, 0.2) is 0 Å². The first-order valence-corrected chi connectivity index (χ1v) is 4.12. The van der Waals surface area contributed by atoms with Crippen molar-refractivity contribution in [2.24, 2.45) is 17.3 Å². The summed E-state index contributed by atoms with van der Waals surface area (Å²) in [6.07, 6.45) is 0.895. The molecule has 1 fully saturated rings. The molecule has 2 nitrogen and oxygen atoms in total. The van der Waals surface area contributed by atoms with E-state index in [1.807, 2.05) is 20.8 Å². The van der Waals surface area contributed by atoms with Crippen LogP contribution in [0.25, 0.3) is 0 Å². The zero-order valence-corrected chi connectivity index (χ0v) is 7.42. The highest BCUT2D eigenvalue weighted by Crippen LogP contribution is 2.42. The van der Waals surface area contributed by atoms with Gasteiger partial charge >= 0.3 is 0 Å². The van der Waals surface area contributed by atoms with Crippen molar-refractivity contribution in [3.63, 3.8) is 0 Å². The Balaban J connectivity index is 2.46. The summed E-state index contributed by atoms with van der Waals surface area (Å²) in [6.45, 7) is 5.97. The van der Waals surface area contributed by atoms with Gasteiger partial charge in [-0.1, -0.05) is 20.8 Å². The van der Waals surface area contributed by atoms with Gasteiger partial charge in [-0.2, -0.15) is 0 Å². The minimum atomic E-state index is -0.228. The van der Waals surface area contributed by atoms with E-state index in [2.05, 4.69) is 0 Å². The van der Waals surface area contributed by atoms with Crippen molar-refractivity contribution in [1.82, 2.24) is 0 Å². The van der Waals surface area contributed by atoms with Crippen LogP contribution in [0.4, 0.5) is 0 Å². The number of ketones is 1. The molecule has 0 aromatic heterocycles. The molecule has 2 heteroatoms. The van der Waals surface area contributed by atoms with Gasteiger partial charge in [-0.05, 0) is 12.3 Å². The number of hydrogen-bond donors (Lipinski definition) is 1. The maximum Gasteiger partial charge on any atom is 0.141 e. The van der Waals surface area contributed by atoms with Crippen molar-refractivity contribution in [3.05, 3.63) is 0 Å². The van der Waals surface area contributed by atoms with E-state index >= 15 is 0 Å². The lowest BCUT2D eigenvalue weighted by Crippen LogP contribution is -2.22. The third-order valence-corrected chi connectivity index (χ3v) is 2.23. The normalized spacial score (nSPS) is 30.2. The highest BCUT2D eigenvalue weighted by molar-refractivity contribution is 5.88. The van der Waals surface area contributed by atoms with Crippen molar-refractivity contribution < 1.29 is 9.90 Å². The Morgan fingerprint density at radius 2 is 2.09 bits per heavy atom. The number of carbonyl (C=O) groups excluding carboxylic acids is 1. The van der Waals surface area contributed by atoms with Crippen LogP contribution in [0.5, 0.6) is 0 Å². The molecule has 0 aliphatic heterocycles. The van der Waals surface area contributed by atoms with E-state index in [9.17, 15) is 4.79 Å². The zero-order chi connectivity index (χ0) is 8.65. The van der Waals surface area contributed by atoms with Gasteiger partial charge in [-0.15, -0.1) is 0 Å². The summed E-state index contributed by atoms with van der Waals surface area (Å²) < 4.78 is 0. The maximum atomic E-state index is 11.5. The lowest BCUT2D eigenvalue weighted by atomic mass is 9.87. The molecule has 0 aromatic carbocycles. The molecule has 0 saturated heterocycles. The first kappa shape index (κ1) is 8.72. The smallest absolute Gasteiger partial charge is 0.141 e. The first-order valence-electron chi connectivity index (χ1n) is 4.12. The van der Waals surface area contributed by atoms with Crippen LogP contribution in [-0.4, -0.2) is 17.5 Å². The van der Waals surface area contributed by atoms with E-state index in [0.29, 0.717) is 5.78 Å². The fourth-order valence-electron chi connectivity index (χ4n) is 1.33. The van der Waals surface area contributed by atoms with Crippen LogP contribution >= 0.6 is 0 Å². The van der Waals surface area contributed by atoms with Crippen LogP contribution in [0, 0.1) is 17.3 Å². The van der Waals surface area contributed by atoms with E-state index in [4.69, 9.17) is 5.11 Å². The quantitative estimate of drug-likeness (QED) is 0.653. The van der Waals surface area contributed by atoms with Gasteiger partial charge in [-0.25, -0.2) is 0 Å². The Kier molecular flexibility index (Phi) is 2.06. The largest absolute Gasteiger partial charge is 0.396 e. The highest BCUT2D eigenvalue weighted by atomic mass is 16.3. The number of hydrogen-bond acceptors (Lipinski definition) is 2. The topological polar surface area (TPSA) is 37.3 Å². The Hall–Kier alpha value is -0.370. The van der Waals surface area contributed by atoms with Gasteiger partial charge in [0.2, 0.25) is 0 Å². The summed E-state index contributed by atoms with van der Waals surface area (Å²) in [5.41, 5.74) is -0.228. The van der Waals surface area contributed by atoms with Crippen LogP contribution < -0.4 is 0 Å². The molecule has 0 spiro atoms. The average molecular weight is 156 g/mol. The van der Waals surface area contributed by atoms with Gasteiger partial charge in [0.05, 0.1) is 0 Å². The molecule has 2 atom stereocenters. The number of carbonyl (C=O) groups is 1. The van der Waals surface area contributed by atoms with E-state index in [-0.39, 0.29) is 23.9 Å². The minimum Gasteiger partial charge on any atom is -0.396 e. The maximum absolute atomic E-state index is 11.5. The summed E-state index contributed by atoms with van der Waals surface area (Å²) in [6, 6.07) is 0. The molecular formula is C9H16O2. The van der Waals surface area contributed by atoms with Crippen molar-refractivity contribution in [1.29, 1.82) is 0 Å². The molecule has 0 heterocycles. The summed E-state index contributed by atoms with van der Waals surface area (Å²) in [7, 11) is 0. The zero-order valence-electron chi connectivity index (χ0n) is 7.42. The monoisotopic (exact) mass is 156 g/mol. The predicted molar refractivity (Wildman–Crippen MR) is 43.1 cm³/mol. The van der Waals surface area contributed by atoms with Crippen molar-refractivity contribution in [2.45, 2.75) is 27.2 Å². The predicted octanol–water partition coefficient (Wildman–Crippen LogP) is 1.23. The van der Waals surface area contributed by atoms with E-state index < -0.39 is 0 Å². The molecule has 0 unspecified atom stereocenters. The molecule has 0 bridgehead atoms. The minimum absolute atomic E-state index is 0.153. The third kappa shape index (κ3) is 1.80. The molecule has 1 rings (SSSR count). The molecule has 0 amide bonds. The van der Waals surface area contributed by atoms with Crippen LogP contribution in [0.2, 0.25) is 0 Å². The molecule has 1 aliphatic rings. The third-order valence-electron chi connectivity index (χ3n) is 2.23. The molecule has 1 N–H and O–H groups in total. The Bertz CT molecular complexity index is 167. The van der Waals surface area contributed by atoms with Crippen LogP contribution in [0.1, 0.15) is 27.2 Å². The van der Waals surface area contributed by atoms with Crippen molar-refractivity contribution in [3.8, 4) is 0 Å². The van der Waals surface area contributed by atoms with Crippen LogP contribution in [-0.2, 0) is 4.79 Å². The summed E-state index contributed by atoms with van der Waals surface area (Å²) in [5.74, 6) is 0.721. The lowest BCUT2D eigenvalue weighted by Gasteiger charge is -2.15. The molecule has 1 aliphatic carbocycles. The summed E-state index contributed by atoms with van der Waals surface area (Å²) >= 11 is 0. The van der Waals surface area contributed by atoms with Gasteiger partial charge in [0.25, 0.3) is 0 Å². The molecule has 1 saturated carbocycles. The fourth-order valence-corrected chi connectivity index (χ4v) is 1.33. The molecule has 0 aromatic rings.